The molecule has 3 aromatic carbocycles. The molecule has 2 aliphatic rings. The average Bonchev–Trinajstić information content (AvgIpc) is 3.45. The fourth-order valence-electron chi connectivity index (χ4n) is 4.94. The first-order valence-corrected chi connectivity index (χ1v) is 13.2. The largest absolute Gasteiger partial charge is 0.508 e. The smallest absolute Gasteiger partial charge is 0.261 e. The third-order valence-corrected chi connectivity index (χ3v) is 6.97. The summed E-state index contributed by atoms with van der Waals surface area (Å²) in [5.41, 5.74) is 3.95. The molecule has 206 valence electrons. The third kappa shape index (κ3) is 6.38. The minimum absolute atomic E-state index is 0.0328. The minimum Gasteiger partial charge on any atom is -0.508 e. The number of ether oxygens (including phenoxy) is 4. The van der Waals surface area contributed by atoms with E-state index in [1.165, 1.54) is 6.07 Å². The van der Waals surface area contributed by atoms with Crippen LogP contribution in [-0.4, -0.2) is 67.1 Å². The summed E-state index contributed by atoms with van der Waals surface area (Å²) in [6, 6.07) is 16.2. The van der Waals surface area contributed by atoms with Crippen LogP contribution in [0.1, 0.15) is 33.5 Å². The van der Waals surface area contributed by atoms with Crippen molar-refractivity contribution in [2.75, 3.05) is 45.4 Å². The van der Waals surface area contributed by atoms with E-state index >= 15 is 0 Å². The molecule has 0 saturated carbocycles. The average molecular weight is 535 g/mol. The summed E-state index contributed by atoms with van der Waals surface area (Å²) < 4.78 is 22.5. The molecule has 2 aliphatic heterocycles. The first-order chi connectivity index (χ1) is 19.0. The van der Waals surface area contributed by atoms with Crippen LogP contribution in [0.25, 0.3) is 0 Å². The van der Waals surface area contributed by atoms with Crippen molar-refractivity contribution in [3.63, 3.8) is 0 Å². The lowest BCUT2D eigenvalue weighted by Gasteiger charge is -2.32. The second-order valence-electron chi connectivity index (χ2n) is 9.74. The predicted octanol–water partition coefficient (Wildman–Crippen LogP) is 4.10. The van der Waals surface area contributed by atoms with Gasteiger partial charge < -0.3 is 39.4 Å². The van der Waals surface area contributed by atoms with Gasteiger partial charge in [0.1, 0.15) is 41.8 Å². The van der Waals surface area contributed by atoms with Crippen LogP contribution >= 0.6 is 0 Å². The fourth-order valence-corrected chi connectivity index (χ4v) is 4.94. The van der Waals surface area contributed by atoms with Gasteiger partial charge in [-0.3, -0.25) is 4.79 Å². The first kappa shape index (κ1) is 26.6. The molecule has 1 fully saturated rings. The van der Waals surface area contributed by atoms with E-state index < -0.39 is 0 Å². The van der Waals surface area contributed by atoms with Crippen LogP contribution in [0, 0.1) is 0 Å². The molecule has 39 heavy (non-hydrogen) atoms. The number of carbonyl (C=O) groups excluding carboxylic acids is 1. The summed E-state index contributed by atoms with van der Waals surface area (Å²) in [7, 11) is 1.64. The molecule has 0 aromatic heterocycles. The Hall–Kier alpha value is -3.95. The molecule has 0 unspecified atom stereocenters. The van der Waals surface area contributed by atoms with Crippen molar-refractivity contribution >= 4 is 11.6 Å². The van der Waals surface area contributed by atoms with Crippen molar-refractivity contribution in [3.05, 3.63) is 76.9 Å². The number of nitrogens with one attached hydrogen (secondary N) is 1. The van der Waals surface area contributed by atoms with Gasteiger partial charge in [0.05, 0.1) is 19.3 Å². The molecule has 0 aliphatic carbocycles. The van der Waals surface area contributed by atoms with Gasteiger partial charge in [0, 0.05) is 50.7 Å². The zero-order chi connectivity index (χ0) is 27.2. The number of hydrogen-bond donors (Lipinski definition) is 3. The first-order valence-electron chi connectivity index (χ1n) is 13.2. The van der Waals surface area contributed by atoms with Crippen molar-refractivity contribution in [2.24, 2.45) is 0 Å². The molecule has 9 heteroatoms. The molecule has 3 aromatic rings. The molecule has 0 radical (unpaired) electrons. The predicted molar refractivity (Wildman–Crippen MR) is 146 cm³/mol. The lowest BCUT2D eigenvalue weighted by atomic mass is 9.96. The number of carbonyl (C=O) groups is 1. The second-order valence-corrected chi connectivity index (χ2v) is 9.74. The topological polar surface area (TPSA) is 110 Å². The number of fused-ring (bicyclic) bond motifs is 1. The van der Waals surface area contributed by atoms with Gasteiger partial charge in [-0.2, -0.15) is 0 Å². The summed E-state index contributed by atoms with van der Waals surface area (Å²) >= 11 is 0. The number of anilines is 1. The maximum Gasteiger partial charge on any atom is 0.261 e. The van der Waals surface area contributed by atoms with Crippen LogP contribution in [0.3, 0.4) is 0 Å². The van der Waals surface area contributed by atoms with Gasteiger partial charge in [0.2, 0.25) is 0 Å². The molecular weight excluding hydrogens is 500 g/mol. The van der Waals surface area contributed by atoms with Crippen molar-refractivity contribution in [3.8, 4) is 23.0 Å². The molecule has 3 N–H and O–H groups in total. The zero-order valence-corrected chi connectivity index (χ0v) is 22.0. The maximum absolute atomic E-state index is 13.8. The van der Waals surface area contributed by atoms with Gasteiger partial charge in [0.25, 0.3) is 5.91 Å². The number of methoxy groups -OCH3 is 1. The van der Waals surface area contributed by atoms with E-state index in [0.717, 1.165) is 40.6 Å². The minimum atomic E-state index is -0.364. The van der Waals surface area contributed by atoms with Gasteiger partial charge in [-0.15, -0.1) is 0 Å². The number of rotatable bonds is 10. The lowest BCUT2D eigenvalue weighted by molar-refractivity contribution is 0.0726. The summed E-state index contributed by atoms with van der Waals surface area (Å²) in [5, 5.41) is 24.4. The van der Waals surface area contributed by atoms with Crippen LogP contribution in [0.2, 0.25) is 0 Å². The molecule has 1 atom stereocenters. The number of benzene rings is 3. The molecule has 0 spiro atoms. The van der Waals surface area contributed by atoms with Crippen molar-refractivity contribution in [1.82, 2.24) is 4.90 Å². The van der Waals surface area contributed by atoms with Crippen LogP contribution in [0.4, 0.5) is 5.69 Å². The summed E-state index contributed by atoms with van der Waals surface area (Å²) in [4.78, 5) is 15.5. The highest BCUT2D eigenvalue weighted by Crippen LogP contribution is 2.37. The van der Waals surface area contributed by atoms with Gasteiger partial charge in [-0.25, -0.2) is 0 Å². The summed E-state index contributed by atoms with van der Waals surface area (Å²) in [5.74, 6) is 0.0200. The Kier molecular flexibility index (Phi) is 8.39. The number of nitrogens with zero attached hydrogens (tertiary/aromatic N) is 1. The van der Waals surface area contributed by atoms with E-state index in [1.807, 2.05) is 42.5 Å². The monoisotopic (exact) mass is 534 g/mol. The van der Waals surface area contributed by atoms with Gasteiger partial charge in [0.15, 0.2) is 0 Å². The van der Waals surface area contributed by atoms with Gasteiger partial charge >= 0.3 is 0 Å². The van der Waals surface area contributed by atoms with Crippen LogP contribution in [0.15, 0.2) is 54.6 Å². The normalized spacial score (nSPS) is 16.5. The highest BCUT2D eigenvalue weighted by molar-refractivity contribution is 6.00. The van der Waals surface area contributed by atoms with E-state index in [2.05, 4.69) is 5.32 Å². The molecule has 0 bridgehead atoms. The number of phenolic OH excluding ortho intramolecular Hbond substituents is 2. The number of hydrogen-bond acceptors (Lipinski definition) is 8. The van der Waals surface area contributed by atoms with Crippen LogP contribution in [0.5, 0.6) is 23.0 Å². The zero-order valence-electron chi connectivity index (χ0n) is 22.0. The SMILES string of the molecule is COCCOc1cc2c(c(N[C@H]3CCOC3)c1)CN(C(=O)c1c(O)cc(O)cc1OCc1ccccc1)CC2. The number of phenols is 2. The second kappa shape index (κ2) is 12.3. The molecule has 9 nitrogen and oxygen atoms in total. The maximum atomic E-state index is 13.8. The van der Waals surface area contributed by atoms with Crippen molar-refractivity contribution in [2.45, 2.75) is 32.0 Å². The number of aromatic hydroxyl groups is 2. The Morgan fingerprint density at radius 2 is 1.95 bits per heavy atom. The van der Waals surface area contributed by atoms with Crippen LogP contribution in [-0.2, 0) is 29.0 Å². The Morgan fingerprint density at radius 3 is 2.72 bits per heavy atom. The van der Waals surface area contributed by atoms with Gasteiger partial charge in [-0.05, 0) is 35.6 Å². The van der Waals surface area contributed by atoms with Crippen molar-refractivity contribution in [1.29, 1.82) is 0 Å². The molecule has 1 saturated heterocycles. The standard InChI is InChI=1S/C30H34N2O7/c1-36-11-12-38-24-13-21-7-9-32(17-25(21)26(16-24)31-22-8-10-37-19-22)30(35)29-27(34)14-23(33)15-28(29)39-18-20-5-3-2-4-6-20/h2-6,13-16,22,31,33-34H,7-12,17-19H2,1H3/t22-/m0/s1. The van der Waals surface area contributed by atoms with E-state index in [-0.39, 0.29) is 41.4 Å². The number of amides is 1. The molecule has 2 heterocycles. The Morgan fingerprint density at radius 1 is 1.10 bits per heavy atom. The Balaban J connectivity index is 1.40. The summed E-state index contributed by atoms with van der Waals surface area (Å²) in [6.45, 7) is 3.26. The fraction of sp³-hybridized carbons (Fsp3) is 0.367. The molecule has 5 rings (SSSR count). The van der Waals surface area contributed by atoms with E-state index in [4.69, 9.17) is 18.9 Å². The summed E-state index contributed by atoms with van der Waals surface area (Å²) in [6.07, 6.45) is 1.52. The molecular formula is C30H34N2O7. The van der Waals surface area contributed by atoms with E-state index in [9.17, 15) is 15.0 Å². The van der Waals surface area contributed by atoms with E-state index in [1.54, 1.807) is 12.0 Å². The third-order valence-electron chi connectivity index (χ3n) is 6.97. The highest BCUT2D eigenvalue weighted by Gasteiger charge is 2.30. The van der Waals surface area contributed by atoms with Crippen LogP contribution < -0.4 is 14.8 Å². The Labute approximate surface area is 227 Å². The van der Waals surface area contributed by atoms with Crippen molar-refractivity contribution < 1.29 is 34.0 Å². The van der Waals surface area contributed by atoms with Gasteiger partial charge in [-0.1, -0.05) is 30.3 Å². The lowest BCUT2D eigenvalue weighted by Crippen LogP contribution is -2.37. The molecule has 1 amide bonds. The van der Waals surface area contributed by atoms with E-state index in [0.29, 0.717) is 45.9 Å². The quantitative estimate of drug-likeness (QED) is 0.334. The Bertz CT molecular complexity index is 1290. The highest BCUT2D eigenvalue weighted by atomic mass is 16.5.